The number of hydrogen-bond acceptors (Lipinski definition) is 4. The molecule has 0 radical (unpaired) electrons. The maximum absolute atomic E-state index is 6.33. The minimum atomic E-state index is -0.0927. The Morgan fingerprint density at radius 1 is 1.50 bits per heavy atom. The summed E-state index contributed by atoms with van der Waals surface area (Å²) < 4.78 is 2.23. The second kappa shape index (κ2) is 6.16. The van der Waals surface area contributed by atoms with Crippen molar-refractivity contribution in [3.63, 3.8) is 0 Å². The monoisotopic (exact) mass is 327 g/mol. The maximum Gasteiger partial charge on any atom is 0.160 e. The summed E-state index contributed by atoms with van der Waals surface area (Å²) in [7, 11) is 0. The summed E-state index contributed by atoms with van der Waals surface area (Å²) in [5.41, 5.74) is 3.13. The molecule has 3 rings (SSSR count). The summed E-state index contributed by atoms with van der Waals surface area (Å²) in [6, 6.07) is 2.01. The van der Waals surface area contributed by atoms with Gasteiger partial charge in [0.2, 0.25) is 0 Å². The van der Waals surface area contributed by atoms with Crippen molar-refractivity contribution in [1.82, 2.24) is 14.5 Å². The zero-order valence-electron chi connectivity index (χ0n) is 11.7. The van der Waals surface area contributed by atoms with Gasteiger partial charge < -0.3 is 4.57 Å². The highest BCUT2D eigenvalue weighted by Gasteiger charge is 2.21. The van der Waals surface area contributed by atoms with Gasteiger partial charge in [0.15, 0.2) is 5.65 Å². The Balaban J connectivity index is 2.02. The third kappa shape index (κ3) is 2.81. The van der Waals surface area contributed by atoms with Crippen LogP contribution in [0.5, 0.6) is 0 Å². The van der Waals surface area contributed by atoms with E-state index in [1.165, 1.54) is 17.3 Å². The van der Waals surface area contributed by atoms with Crippen LogP contribution in [0.15, 0.2) is 12.3 Å². The first-order chi connectivity index (χ1) is 9.66. The van der Waals surface area contributed by atoms with Gasteiger partial charge in [-0.15, -0.1) is 11.6 Å². The van der Waals surface area contributed by atoms with Crippen molar-refractivity contribution in [1.29, 1.82) is 0 Å². The highest BCUT2D eigenvalue weighted by molar-refractivity contribution is 8.06. The fourth-order valence-corrected chi connectivity index (χ4v) is 5.30. The first-order valence-corrected chi connectivity index (χ1v) is 9.46. The first kappa shape index (κ1) is 14.5. The number of rotatable bonds is 3. The zero-order chi connectivity index (χ0) is 14.1. The van der Waals surface area contributed by atoms with Gasteiger partial charge in [0.05, 0.1) is 5.38 Å². The lowest BCUT2D eigenvalue weighted by atomic mass is 10.3. The van der Waals surface area contributed by atoms with Crippen molar-refractivity contribution < 1.29 is 0 Å². The van der Waals surface area contributed by atoms with E-state index in [1.54, 1.807) is 0 Å². The van der Waals surface area contributed by atoms with Crippen molar-refractivity contribution >= 4 is 46.3 Å². The largest absolute Gasteiger partial charge is 0.310 e. The van der Waals surface area contributed by atoms with Gasteiger partial charge in [0.1, 0.15) is 11.3 Å². The Hall–Kier alpha value is -0.390. The molecule has 1 aliphatic rings. The van der Waals surface area contributed by atoms with Gasteiger partial charge in [-0.25, -0.2) is 9.97 Å². The van der Waals surface area contributed by atoms with E-state index in [0.29, 0.717) is 5.25 Å². The molecule has 1 saturated heterocycles. The fraction of sp³-hybridized carbons (Fsp3) is 0.571. The SMILES string of the molecule is Cc1ccnc2c1nc(C(C)Cl)n2CC1CSCCS1. The summed E-state index contributed by atoms with van der Waals surface area (Å²) >= 11 is 10.4. The number of hydrogen-bond donors (Lipinski definition) is 0. The Morgan fingerprint density at radius 2 is 2.35 bits per heavy atom. The van der Waals surface area contributed by atoms with E-state index in [1.807, 2.05) is 30.9 Å². The Kier molecular flexibility index (Phi) is 4.48. The zero-order valence-corrected chi connectivity index (χ0v) is 14.1. The lowest BCUT2D eigenvalue weighted by molar-refractivity contribution is 0.662. The molecule has 0 aliphatic carbocycles. The first-order valence-electron chi connectivity index (χ1n) is 6.82. The van der Waals surface area contributed by atoms with Crippen molar-refractivity contribution in [3.8, 4) is 0 Å². The van der Waals surface area contributed by atoms with Crippen LogP contribution in [0.4, 0.5) is 0 Å². The molecule has 2 unspecified atom stereocenters. The molecule has 1 aliphatic heterocycles. The third-order valence-corrected chi connectivity index (χ3v) is 6.51. The van der Waals surface area contributed by atoms with E-state index in [4.69, 9.17) is 16.6 Å². The Labute approximate surface area is 132 Å². The topological polar surface area (TPSA) is 30.7 Å². The highest BCUT2D eigenvalue weighted by atomic mass is 35.5. The van der Waals surface area contributed by atoms with E-state index < -0.39 is 0 Å². The lowest BCUT2D eigenvalue weighted by Gasteiger charge is -2.22. The average molecular weight is 328 g/mol. The number of pyridine rings is 1. The van der Waals surface area contributed by atoms with E-state index in [-0.39, 0.29) is 5.38 Å². The van der Waals surface area contributed by atoms with Gasteiger partial charge in [-0.05, 0) is 25.5 Å². The van der Waals surface area contributed by atoms with Crippen LogP contribution in [0, 0.1) is 6.92 Å². The van der Waals surface area contributed by atoms with E-state index in [9.17, 15) is 0 Å². The lowest BCUT2D eigenvalue weighted by Crippen LogP contribution is -2.22. The van der Waals surface area contributed by atoms with Crippen LogP contribution < -0.4 is 0 Å². The molecule has 108 valence electrons. The van der Waals surface area contributed by atoms with Gasteiger partial charge in [0, 0.05) is 35.3 Å². The summed E-state index contributed by atoms with van der Waals surface area (Å²) in [5, 5.41) is 0.535. The molecule has 1 fully saturated rings. The summed E-state index contributed by atoms with van der Waals surface area (Å²) in [6.07, 6.45) is 1.86. The normalized spacial score (nSPS) is 21.2. The number of alkyl halides is 1. The number of halogens is 1. The highest BCUT2D eigenvalue weighted by Crippen LogP contribution is 2.30. The Morgan fingerprint density at radius 3 is 3.05 bits per heavy atom. The van der Waals surface area contributed by atoms with Crippen LogP contribution >= 0.6 is 35.1 Å². The molecule has 0 spiro atoms. The second-order valence-corrected chi connectivity index (χ2v) is 8.28. The summed E-state index contributed by atoms with van der Waals surface area (Å²) in [6.45, 7) is 5.02. The van der Waals surface area contributed by atoms with E-state index >= 15 is 0 Å². The van der Waals surface area contributed by atoms with Crippen LogP contribution in [0.25, 0.3) is 11.2 Å². The molecule has 0 bridgehead atoms. The predicted molar refractivity (Wildman–Crippen MR) is 90.1 cm³/mol. The molecule has 0 aromatic carbocycles. The third-order valence-electron chi connectivity index (χ3n) is 3.49. The number of imidazole rings is 1. The summed E-state index contributed by atoms with van der Waals surface area (Å²) in [5.74, 6) is 4.65. The molecule has 2 atom stereocenters. The van der Waals surface area contributed by atoms with Crippen LogP contribution in [0.1, 0.15) is 23.7 Å². The van der Waals surface area contributed by atoms with Gasteiger partial charge in [-0.3, -0.25) is 0 Å². The minimum absolute atomic E-state index is 0.0927. The van der Waals surface area contributed by atoms with Gasteiger partial charge in [-0.1, -0.05) is 0 Å². The number of fused-ring (bicyclic) bond motifs is 1. The van der Waals surface area contributed by atoms with Crippen molar-refractivity contribution in [2.24, 2.45) is 0 Å². The Bertz CT molecular complexity index is 606. The number of nitrogens with zero attached hydrogens (tertiary/aromatic N) is 3. The van der Waals surface area contributed by atoms with Crippen molar-refractivity contribution in [2.75, 3.05) is 17.3 Å². The van der Waals surface area contributed by atoms with Crippen LogP contribution in [0.3, 0.4) is 0 Å². The van der Waals surface area contributed by atoms with Crippen molar-refractivity contribution in [2.45, 2.75) is 31.0 Å². The molecular weight excluding hydrogens is 310 g/mol. The molecule has 2 aromatic heterocycles. The van der Waals surface area contributed by atoms with Crippen LogP contribution in [0.2, 0.25) is 0 Å². The number of thioether (sulfide) groups is 2. The van der Waals surface area contributed by atoms with Crippen molar-refractivity contribution in [3.05, 3.63) is 23.7 Å². The van der Waals surface area contributed by atoms with E-state index in [2.05, 4.69) is 28.2 Å². The molecule has 3 heterocycles. The molecule has 0 saturated carbocycles. The predicted octanol–water partition coefficient (Wildman–Crippen LogP) is 3.89. The molecule has 20 heavy (non-hydrogen) atoms. The maximum atomic E-state index is 6.33. The average Bonchev–Trinajstić information content (AvgIpc) is 2.81. The number of aromatic nitrogens is 3. The minimum Gasteiger partial charge on any atom is -0.310 e. The summed E-state index contributed by atoms with van der Waals surface area (Å²) in [4.78, 5) is 9.27. The fourth-order valence-electron chi connectivity index (χ4n) is 2.48. The molecule has 6 heteroatoms. The van der Waals surface area contributed by atoms with Gasteiger partial charge in [0.25, 0.3) is 0 Å². The standard InChI is InChI=1S/C14H18ClN3S2/c1-9-3-4-16-14-12(9)17-13(10(2)15)18(14)7-11-8-19-5-6-20-11/h3-4,10-11H,5-8H2,1-2H3. The molecule has 0 amide bonds. The molecule has 2 aromatic rings. The van der Waals surface area contributed by atoms with Gasteiger partial charge in [-0.2, -0.15) is 23.5 Å². The second-order valence-electron chi connectivity index (χ2n) is 5.06. The molecular formula is C14H18ClN3S2. The smallest absolute Gasteiger partial charge is 0.160 e. The van der Waals surface area contributed by atoms with Gasteiger partial charge >= 0.3 is 0 Å². The van der Waals surface area contributed by atoms with E-state index in [0.717, 1.165) is 29.1 Å². The quantitative estimate of drug-likeness (QED) is 0.800. The molecule has 0 N–H and O–H groups in total. The van der Waals surface area contributed by atoms with Crippen LogP contribution in [-0.2, 0) is 6.54 Å². The number of aryl methyl sites for hydroxylation is 1. The molecule has 3 nitrogen and oxygen atoms in total. The van der Waals surface area contributed by atoms with Crippen LogP contribution in [-0.4, -0.2) is 37.0 Å².